The van der Waals surface area contributed by atoms with E-state index in [2.05, 4.69) is 5.10 Å². The number of nitrogens with zero attached hydrogens (tertiary/aromatic N) is 5. The van der Waals surface area contributed by atoms with Crippen molar-refractivity contribution in [1.29, 1.82) is 0 Å². The van der Waals surface area contributed by atoms with E-state index in [9.17, 15) is 23.6 Å². The summed E-state index contributed by atoms with van der Waals surface area (Å²) in [7, 11) is 0. The SMILES string of the molecule is CC(=O)N1CCN(C(=O)c2nn(-c3ccccc3F)c(=O)n(Cc3ccccc3C)c2=O)CC1. The Kier molecular flexibility index (Phi) is 6.40. The summed E-state index contributed by atoms with van der Waals surface area (Å²) >= 11 is 0. The Morgan fingerprint density at radius 3 is 2.21 bits per heavy atom. The average molecular weight is 465 g/mol. The van der Waals surface area contributed by atoms with Gasteiger partial charge >= 0.3 is 5.69 Å². The van der Waals surface area contributed by atoms with E-state index in [1.54, 1.807) is 17.0 Å². The van der Waals surface area contributed by atoms with Crippen LogP contribution in [-0.4, -0.2) is 62.1 Å². The minimum Gasteiger partial charge on any atom is -0.339 e. The van der Waals surface area contributed by atoms with Gasteiger partial charge in [0, 0.05) is 33.1 Å². The van der Waals surface area contributed by atoms with Gasteiger partial charge in [-0.3, -0.25) is 19.0 Å². The Hall–Kier alpha value is -4.08. The second kappa shape index (κ2) is 9.42. The van der Waals surface area contributed by atoms with Gasteiger partial charge in [-0.25, -0.2) is 9.18 Å². The Morgan fingerprint density at radius 2 is 1.56 bits per heavy atom. The first-order chi connectivity index (χ1) is 16.3. The largest absolute Gasteiger partial charge is 0.352 e. The molecule has 10 heteroatoms. The third-order valence-electron chi connectivity index (χ3n) is 5.94. The smallest absolute Gasteiger partial charge is 0.339 e. The molecular formula is C24H24FN5O4. The fraction of sp³-hybridized carbons (Fsp3) is 0.292. The predicted octanol–water partition coefficient (Wildman–Crippen LogP) is 1.19. The number of amides is 2. The van der Waals surface area contributed by atoms with Gasteiger partial charge < -0.3 is 9.80 Å². The quantitative estimate of drug-likeness (QED) is 0.577. The van der Waals surface area contributed by atoms with Gasteiger partial charge in [0.05, 0.1) is 6.54 Å². The lowest BCUT2D eigenvalue weighted by Crippen LogP contribution is -2.52. The molecule has 0 saturated carbocycles. The van der Waals surface area contributed by atoms with Crippen molar-refractivity contribution in [1.82, 2.24) is 24.1 Å². The molecule has 1 fully saturated rings. The molecule has 1 aromatic heterocycles. The van der Waals surface area contributed by atoms with Crippen LogP contribution in [0.5, 0.6) is 0 Å². The number of piperazine rings is 1. The van der Waals surface area contributed by atoms with Crippen LogP contribution in [0.15, 0.2) is 58.1 Å². The molecule has 176 valence electrons. The van der Waals surface area contributed by atoms with Crippen LogP contribution in [0.25, 0.3) is 5.69 Å². The van der Waals surface area contributed by atoms with Gasteiger partial charge in [0.2, 0.25) is 11.6 Å². The molecule has 34 heavy (non-hydrogen) atoms. The molecule has 2 amide bonds. The van der Waals surface area contributed by atoms with Crippen LogP contribution in [0.3, 0.4) is 0 Å². The van der Waals surface area contributed by atoms with Gasteiger partial charge in [-0.15, -0.1) is 0 Å². The van der Waals surface area contributed by atoms with Crippen molar-refractivity contribution in [2.75, 3.05) is 26.2 Å². The van der Waals surface area contributed by atoms with Crippen molar-refractivity contribution >= 4 is 11.8 Å². The van der Waals surface area contributed by atoms with Crippen molar-refractivity contribution in [2.24, 2.45) is 0 Å². The first-order valence-corrected chi connectivity index (χ1v) is 10.9. The van der Waals surface area contributed by atoms with Gasteiger partial charge in [0.1, 0.15) is 11.5 Å². The molecule has 2 aromatic carbocycles. The van der Waals surface area contributed by atoms with Crippen molar-refractivity contribution < 1.29 is 14.0 Å². The van der Waals surface area contributed by atoms with Gasteiger partial charge in [-0.2, -0.15) is 9.78 Å². The number of benzene rings is 2. The van der Waals surface area contributed by atoms with E-state index in [1.165, 1.54) is 36.1 Å². The molecule has 0 aliphatic carbocycles. The summed E-state index contributed by atoms with van der Waals surface area (Å²) in [5.41, 5.74) is -0.775. The third kappa shape index (κ3) is 4.39. The van der Waals surface area contributed by atoms with Crippen molar-refractivity contribution in [2.45, 2.75) is 20.4 Å². The molecule has 1 saturated heterocycles. The lowest BCUT2D eigenvalue weighted by atomic mass is 10.1. The van der Waals surface area contributed by atoms with Crippen molar-refractivity contribution in [3.63, 3.8) is 0 Å². The normalized spacial score (nSPS) is 13.7. The number of carbonyl (C=O) groups excluding carboxylic acids is 2. The summed E-state index contributed by atoms with van der Waals surface area (Å²) in [5.74, 6) is -1.48. The Balaban J connectivity index is 1.82. The highest BCUT2D eigenvalue weighted by Crippen LogP contribution is 2.12. The van der Waals surface area contributed by atoms with E-state index in [1.807, 2.05) is 19.1 Å². The van der Waals surface area contributed by atoms with Gasteiger partial charge in [0.15, 0.2) is 0 Å². The summed E-state index contributed by atoms with van der Waals surface area (Å²) in [6.07, 6.45) is 0. The Labute approximate surface area is 194 Å². The maximum Gasteiger partial charge on any atom is 0.352 e. The molecule has 4 rings (SSSR count). The molecule has 0 spiro atoms. The number of rotatable bonds is 4. The molecular weight excluding hydrogens is 441 g/mol. The zero-order chi connectivity index (χ0) is 24.4. The van der Waals surface area contributed by atoms with E-state index in [0.29, 0.717) is 18.7 Å². The average Bonchev–Trinajstić information content (AvgIpc) is 2.83. The molecule has 0 atom stereocenters. The van der Waals surface area contributed by atoms with Crippen molar-refractivity contribution in [3.05, 3.63) is 92.0 Å². The number of carbonyl (C=O) groups is 2. The third-order valence-corrected chi connectivity index (χ3v) is 5.94. The van der Waals surface area contributed by atoms with Gasteiger partial charge in [-0.05, 0) is 30.2 Å². The second-order valence-corrected chi connectivity index (χ2v) is 8.11. The van der Waals surface area contributed by atoms with Gasteiger partial charge in [-0.1, -0.05) is 36.4 Å². The summed E-state index contributed by atoms with van der Waals surface area (Å²) < 4.78 is 16.2. The number of aromatic nitrogens is 3. The van der Waals surface area contributed by atoms with Crippen LogP contribution in [0, 0.1) is 12.7 Å². The Morgan fingerprint density at radius 1 is 0.941 bits per heavy atom. The van der Waals surface area contributed by atoms with Gasteiger partial charge in [0.25, 0.3) is 11.5 Å². The maximum atomic E-state index is 14.6. The summed E-state index contributed by atoms with van der Waals surface area (Å²) in [6, 6.07) is 12.8. The minimum absolute atomic E-state index is 0.0975. The number of hydrogen-bond donors (Lipinski definition) is 0. The van der Waals surface area contributed by atoms with Crippen LogP contribution in [0.4, 0.5) is 4.39 Å². The molecule has 3 aromatic rings. The van der Waals surface area contributed by atoms with E-state index in [0.717, 1.165) is 14.8 Å². The first kappa shape index (κ1) is 23.1. The van der Waals surface area contributed by atoms with E-state index in [-0.39, 0.29) is 31.2 Å². The first-order valence-electron chi connectivity index (χ1n) is 10.9. The number of hydrogen-bond acceptors (Lipinski definition) is 5. The number of aryl methyl sites for hydroxylation is 1. The highest BCUT2D eigenvalue weighted by molar-refractivity contribution is 5.92. The minimum atomic E-state index is -0.851. The molecule has 0 bridgehead atoms. The number of para-hydroxylation sites is 1. The fourth-order valence-electron chi connectivity index (χ4n) is 3.90. The second-order valence-electron chi connectivity index (χ2n) is 8.11. The fourth-order valence-corrected chi connectivity index (χ4v) is 3.90. The lowest BCUT2D eigenvalue weighted by molar-refractivity contribution is -0.130. The predicted molar refractivity (Wildman–Crippen MR) is 122 cm³/mol. The standard InChI is InChI=1S/C24H24FN5O4/c1-16-7-3-4-8-18(16)15-29-23(33)21(22(32)28-13-11-27(12-14-28)17(2)31)26-30(24(29)34)20-10-6-5-9-19(20)25/h3-10H,11-15H2,1-2H3. The van der Waals surface area contributed by atoms with Crippen LogP contribution in [0.2, 0.25) is 0 Å². The molecule has 9 nitrogen and oxygen atoms in total. The zero-order valence-corrected chi connectivity index (χ0v) is 18.9. The van der Waals surface area contributed by atoms with E-state index in [4.69, 9.17) is 0 Å². The molecule has 1 aliphatic heterocycles. The zero-order valence-electron chi connectivity index (χ0n) is 18.9. The summed E-state index contributed by atoms with van der Waals surface area (Å²) in [6.45, 7) is 4.29. The molecule has 0 unspecified atom stereocenters. The number of halogens is 1. The maximum absolute atomic E-state index is 14.6. The monoisotopic (exact) mass is 465 g/mol. The summed E-state index contributed by atoms with van der Waals surface area (Å²) in [5, 5.41) is 4.02. The van der Waals surface area contributed by atoms with Crippen LogP contribution < -0.4 is 11.2 Å². The molecule has 0 radical (unpaired) electrons. The molecule has 1 aliphatic rings. The Bertz CT molecular complexity index is 1370. The van der Waals surface area contributed by atoms with E-state index < -0.39 is 28.7 Å². The van der Waals surface area contributed by atoms with Crippen molar-refractivity contribution in [3.8, 4) is 5.69 Å². The van der Waals surface area contributed by atoms with Crippen LogP contribution in [0.1, 0.15) is 28.5 Å². The topological polar surface area (TPSA) is 97.5 Å². The van der Waals surface area contributed by atoms with Crippen LogP contribution in [-0.2, 0) is 11.3 Å². The summed E-state index contributed by atoms with van der Waals surface area (Å²) in [4.78, 5) is 54.5. The van der Waals surface area contributed by atoms with Crippen LogP contribution >= 0.6 is 0 Å². The lowest BCUT2D eigenvalue weighted by Gasteiger charge is -2.33. The molecule has 0 N–H and O–H groups in total. The highest BCUT2D eigenvalue weighted by atomic mass is 19.1. The van der Waals surface area contributed by atoms with E-state index >= 15 is 0 Å². The highest BCUT2D eigenvalue weighted by Gasteiger charge is 2.28. The molecule has 2 heterocycles.